The number of piperidine rings is 1. The maximum Gasteiger partial charge on any atom is 0.407 e. The van der Waals surface area contributed by atoms with Crippen LogP contribution in [0.25, 0.3) is 0 Å². The molecule has 1 spiro atoms. The molecule has 1 aliphatic heterocycles. The topological polar surface area (TPSA) is 66.8 Å². The summed E-state index contributed by atoms with van der Waals surface area (Å²) in [7, 11) is 0. The standard InChI is InChI=1S/C12H17NO4/c1-2-17-10(14)7-9-3-6-13(11(15)16)12(8-9)4-5-12/h7H,2-6,8H2,1H3,(H,15,16)/b9-7+. The van der Waals surface area contributed by atoms with E-state index in [2.05, 4.69) is 0 Å². The number of carbonyl (C=O) groups excluding carboxylic acids is 1. The summed E-state index contributed by atoms with van der Waals surface area (Å²) < 4.78 is 4.86. The number of hydrogen-bond acceptors (Lipinski definition) is 3. The number of rotatable bonds is 2. The van der Waals surface area contributed by atoms with Gasteiger partial charge in [-0.05, 0) is 32.6 Å². The third-order valence-corrected chi connectivity index (χ3v) is 3.45. The van der Waals surface area contributed by atoms with Crippen molar-refractivity contribution in [2.75, 3.05) is 13.2 Å². The lowest BCUT2D eigenvalue weighted by Crippen LogP contribution is -2.45. The van der Waals surface area contributed by atoms with Crippen LogP contribution in [0.15, 0.2) is 11.6 Å². The second-order valence-corrected chi connectivity index (χ2v) is 4.64. The van der Waals surface area contributed by atoms with Crippen molar-refractivity contribution in [1.29, 1.82) is 0 Å². The monoisotopic (exact) mass is 239 g/mol. The highest BCUT2D eigenvalue weighted by atomic mass is 16.5. The molecule has 1 N–H and O–H groups in total. The van der Waals surface area contributed by atoms with Crippen LogP contribution < -0.4 is 0 Å². The normalized spacial score (nSPS) is 23.8. The lowest BCUT2D eigenvalue weighted by molar-refractivity contribution is -0.137. The number of ether oxygens (including phenoxy) is 1. The summed E-state index contributed by atoms with van der Waals surface area (Å²) in [5.41, 5.74) is 0.793. The highest BCUT2D eigenvalue weighted by molar-refractivity contribution is 5.83. The first-order chi connectivity index (χ1) is 8.07. The molecule has 1 aliphatic carbocycles. The molecular formula is C12H17NO4. The van der Waals surface area contributed by atoms with Crippen molar-refractivity contribution in [3.05, 3.63) is 11.6 Å². The van der Waals surface area contributed by atoms with Gasteiger partial charge in [-0.3, -0.25) is 0 Å². The van der Waals surface area contributed by atoms with Crippen LogP contribution in [0.5, 0.6) is 0 Å². The quantitative estimate of drug-likeness (QED) is 0.589. The van der Waals surface area contributed by atoms with Gasteiger partial charge in [0, 0.05) is 12.6 Å². The lowest BCUT2D eigenvalue weighted by atomic mass is 9.94. The molecular weight excluding hydrogens is 222 g/mol. The van der Waals surface area contributed by atoms with E-state index in [1.807, 2.05) is 0 Å². The second-order valence-electron chi connectivity index (χ2n) is 4.64. The second kappa shape index (κ2) is 4.39. The number of nitrogens with zero attached hydrogens (tertiary/aromatic N) is 1. The number of hydrogen-bond donors (Lipinski definition) is 1. The minimum Gasteiger partial charge on any atom is -0.465 e. The van der Waals surface area contributed by atoms with Gasteiger partial charge in [0.05, 0.1) is 12.1 Å². The van der Waals surface area contributed by atoms with Crippen molar-refractivity contribution in [3.8, 4) is 0 Å². The average Bonchev–Trinajstić information content (AvgIpc) is 2.98. The Bertz CT molecular complexity index is 371. The summed E-state index contributed by atoms with van der Waals surface area (Å²) in [5, 5.41) is 9.08. The lowest BCUT2D eigenvalue weighted by Gasteiger charge is -2.35. The predicted octanol–water partition coefficient (Wildman–Crippen LogP) is 1.78. The van der Waals surface area contributed by atoms with Crippen molar-refractivity contribution in [2.45, 2.75) is 38.1 Å². The molecule has 5 nitrogen and oxygen atoms in total. The largest absolute Gasteiger partial charge is 0.465 e. The zero-order chi connectivity index (χ0) is 12.5. The van der Waals surface area contributed by atoms with Crippen LogP contribution in [-0.4, -0.2) is 40.8 Å². The summed E-state index contributed by atoms with van der Waals surface area (Å²) in [6, 6.07) is 0. The van der Waals surface area contributed by atoms with Crippen LogP contribution in [0, 0.1) is 0 Å². The molecule has 0 aromatic heterocycles. The van der Waals surface area contributed by atoms with E-state index in [0.29, 0.717) is 26.0 Å². The molecule has 0 aromatic rings. The van der Waals surface area contributed by atoms with E-state index < -0.39 is 6.09 Å². The Morgan fingerprint density at radius 3 is 2.76 bits per heavy atom. The van der Waals surface area contributed by atoms with Crippen molar-refractivity contribution >= 4 is 12.1 Å². The Hall–Kier alpha value is -1.52. The zero-order valence-corrected chi connectivity index (χ0v) is 9.94. The Labute approximate surface area is 100 Å². The third-order valence-electron chi connectivity index (χ3n) is 3.45. The minimum absolute atomic E-state index is 0.220. The van der Waals surface area contributed by atoms with Gasteiger partial charge in [0.1, 0.15) is 0 Å². The van der Waals surface area contributed by atoms with Crippen LogP contribution in [-0.2, 0) is 9.53 Å². The number of carboxylic acid groups (broad SMARTS) is 1. The van der Waals surface area contributed by atoms with Crippen LogP contribution in [0.1, 0.15) is 32.6 Å². The van der Waals surface area contributed by atoms with Gasteiger partial charge < -0.3 is 14.7 Å². The van der Waals surface area contributed by atoms with Gasteiger partial charge in [0.15, 0.2) is 0 Å². The molecule has 2 rings (SSSR count). The molecule has 1 amide bonds. The van der Waals surface area contributed by atoms with E-state index in [4.69, 9.17) is 9.84 Å². The Morgan fingerprint density at radius 2 is 2.24 bits per heavy atom. The number of carbonyl (C=O) groups is 2. The highest BCUT2D eigenvalue weighted by Crippen LogP contribution is 2.49. The summed E-state index contributed by atoms with van der Waals surface area (Å²) in [6.45, 7) is 2.63. The van der Waals surface area contributed by atoms with Gasteiger partial charge in [-0.1, -0.05) is 5.57 Å². The number of esters is 1. The van der Waals surface area contributed by atoms with Crippen LogP contribution in [0.3, 0.4) is 0 Å². The maximum atomic E-state index is 11.3. The summed E-state index contributed by atoms with van der Waals surface area (Å²) >= 11 is 0. The maximum absolute atomic E-state index is 11.3. The molecule has 0 atom stereocenters. The fourth-order valence-corrected chi connectivity index (χ4v) is 2.46. The van der Waals surface area contributed by atoms with Gasteiger partial charge in [0.25, 0.3) is 0 Å². The van der Waals surface area contributed by atoms with E-state index >= 15 is 0 Å². The van der Waals surface area contributed by atoms with Crippen LogP contribution in [0.4, 0.5) is 4.79 Å². The Balaban J connectivity index is 2.03. The van der Waals surface area contributed by atoms with E-state index in [0.717, 1.165) is 18.4 Å². The summed E-state index contributed by atoms with van der Waals surface area (Å²) in [5.74, 6) is -0.318. The fourth-order valence-electron chi connectivity index (χ4n) is 2.46. The Kier molecular flexibility index (Phi) is 3.09. The average molecular weight is 239 g/mol. The van der Waals surface area contributed by atoms with Crippen LogP contribution >= 0.6 is 0 Å². The van der Waals surface area contributed by atoms with E-state index in [-0.39, 0.29) is 11.5 Å². The molecule has 2 fully saturated rings. The molecule has 94 valence electrons. The van der Waals surface area contributed by atoms with Gasteiger partial charge in [0.2, 0.25) is 0 Å². The third kappa shape index (κ3) is 2.43. The van der Waals surface area contributed by atoms with Crippen molar-refractivity contribution < 1.29 is 19.4 Å². The van der Waals surface area contributed by atoms with Gasteiger partial charge >= 0.3 is 12.1 Å². The van der Waals surface area contributed by atoms with Gasteiger partial charge in [-0.2, -0.15) is 0 Å². The molecule has 0 aromatic carbocycles. The fraction of sp³-hybridized carbons (Fsp3) is 0.667. The van der Waals surface area contributed by atoms with Crippen molar-refractivity contribution in [3.63, 3.8) is 0 Å². The molecule has 5 heteroatoms. The highest BCUT2D eigenvalue weighted by Gasteiger charge is 2.52. The first-order valence-corrected chi connectivity index (χ1v) is 5.94. The Morgan fingerprint density at radius 1 is 1.53 bits per heavy atom. The first kappa shape index (κ1) is 12.0. The minimum atomic E-state index is -0.849. The van der Waals surface area contributed by atoms with E-state index in [9.17, 15) is 9.59 Å². The number of amides is 1. The summed E-state index contributed by atoms with van der Waals surface area (Å²) in [4.78, 5) is 23.9. The number of likely N-dealkylation sites (tertiary alicyclic amines) is 1. The van der Waals surface area contributed by atoms with Gasteiger partial charge in [-0.25, -0.2) is 9.59 Å². The van der Waals surface area contributed by atoms with E-state index in [1.165, 1.54) is 11.0 Å². The van der Waals surface area contributed by atoms with Crippen molar-refractivity contribution in [2.24, 2.45) is 0 Å². The van der Waals surface area contributed by atoms with Gasteiger partial charge in [-0.15, -0.1) is 0 Å². The zero-order valence-electron chi connectivity index (χ0n) is 9.94. The molecule has 2 aliphatic rings. The molecule has 1 saturated carbocycles. The molecule has 0 radical (unpaired) electrons. The summed E-state index contributed by atoms with van der Waals surface area (Å²) in [6.07, 6.45) is 3.80. The molecule has 1 heterocycles. The predicted molar refractivity (Wildman–Crippen MR) is 60.6 cm³/mol. The molecule has 0 unspecified atom stereocenters. The molecule has 0 bridgehead atoms. The molecule has 17 heavy (non-hydrogen) atoms. The van der Waals surface area contributed by atoms with Crippen molar-refractivity contribution in [1.82, 2.24) is 4.90 Å². The van der Waals surface area contributed by atoms with Crippen LogP contribution in [0.2, 0.25) is 0 Å². The first-order valence-electron chi connectivity index (χ1n) is 5.94. The van der Waals surface area contributed by atoms with E-state index in [1.54, 1.807) is 6.92 Å². The smallest absolute Gasteiger partial charge is 0.407 e. The molecule has 1 saturated heterocycles. The SMILES string of the molecule is CCOC(=O)/C=C1\CCN(C(=O)O)C2(CC2)C1.